The van der Waals surface area contributed by atoms with E-state index in [1.165, 1.54) is 0 Å². The van der Waals surface area contributed by atoms with Crippen LogP contribution in [-0.4, -0.2) is 17.0 Å². The third-order valence-corrected chi connectivity index (χ3v) is 6.36. The first-order valence-corrected chi connectivity index (χ1v) is 7.99. The first-order chi connectivity index (χ1) is 8.34. The Bertz CT molecular complexity index is 522. The average molecular weight is 286 g/mol. The fraction of sp³-hybridized carbons (Fsp3) is 0.538. The number of rotatable bonds is 2. The second-order valence-corrected chi connectivity index (χ2v) is 7.81. The third-order valence-electron chi connectivity index (χ3n) is 3.75. The van der Waals surface area contributed by atoms with Gasteiger partial charge in [0.15, 0.2) is 0 Å². The fourth-order valence-corrected chi connectivity index (χ4v) is 4.11. The van der Waals surface area contributed by atoms with Crippen LogP contribution in [0, 0.1) is 6.92 Å². The second kappa shape index (κ2) is 4.87. The molecule has 0 aromatic heterocycles. The van der Waals surface area contributed by atoms with Crippen LogP contribution in [0.3, 0.4) is 0 Å². The summed E-state index contributed by atoms with van der Waals surface area (Å²) in [5.41, 5.74) is 2.07. The number of thiol groups is 1. The number of benzene rings is 1. The maximum absolute atomic E-state index is 11.6. The maximum Gasteiger partial charge on any atom is 0.280 e. The Morgan fingerprint density at radius 3 is 2.44 bits per heavy atom. The summed E-state index contributed by atoms with van der Waals surface area (Å²) in [5, 5.41) is 0. The van der Waals surface area contributed by atoms with Crippen LogP contribution < -0.4 is 0 Å². The summed E-state index contributed by atoms with van der Waals surface area (Å²) >= 11 is 4.32. The zero-order chi connectivity index (χ0) is 13.4. The molecular weight excluding hydrogens is 268 g/mol. The molecule has 0 bridgehead atoms. The minimum Gasteiger partial charge on any atom is -0.284 e. The second-order valence-electron chi connectivity index (χ2n) is 5.03. The van der Waals surface area contributed by atoms with Gasteiger partial charge in [0.2, 0.25) is 0 Å². The molecule has 1 aliphatic rings. The monoisotopic (exact) mass is 286 g/mol. The van der Waals surface area contributed by atoms with Crippen molar-refractivity contribution in [3.63, 3.8) is 0 Å². The Morgan fingerprint density at radius 2 is 1.89 bits per heavy atom. The van der Waals surface area contributed by atoms with Crippen molar-refractivity contribution in [2.75, 3.05) is 0 Å². The lowest BCUT2D eigenvalue weighted by Crippen LogP contribution is -2.41. The molecule has 1 N–H and O–H groups in total. The van der Waals surface area contributed by atoms with Crippen LogP contribution in [0.1, 0.15) is 42.7 Å². The van der Waals surface area contributed by atoms with Crippen molar-refractivity contribution >= 4 is 22.7 Å². The van der Waals surface area contributed by atoms with Gasteiger partial charge in [-0.25, -0.2) is 0 Å². The van der Waals surface area contributed by atoms with E-state index in [-0.39, 0.29) is 5.92 Å². The van der Waals surface area contributed by atoms with Gasteiger partial charge >= 0.3 is 0 Å². The molecule has 0 heterocycles. The van der Waals surface area contributed by atoms with Crippen molar-refractivity contribution in [1.82, 2.24) is 0 Å². The molecule has 0 amide bonds. The number of hydrogen-bond acceptors (Lipinski definition) is 3. The van der Waals surface area contributed by atoms with Gasteiger partial charge in [-0.3, -0.25) is 4.55 Å². The smallest absolute Gasteiger partial charge is 0.280 e. The standard InChI is InChI=1S/C13H18O3S2/c1-10-5-7-11(8-6-10)12-4-2-3-9-13(12,17)18(14,15)16/h5-8,12,17H,2-4,9H2,1H3,(H,14,15,16). The van der Waals surface area contributed by atoms with E-state index in [0.29, 0.717) is 6.42 Å². The van der Waals surface area contributed by atoms with E-state index in [4.69, 9.17) is 0 Å². The van der Waals surface area contributed by atoms with E-state index in [0.717, 1.165) is 30.4 Å². The van der Waals surface area contributed by atoms with Crippen molar-refractivity contribution in [2.24, 2.45) is 0 Å². The van der Waals surface area contributed by atoms with E-state index in [9.17, 15) is 13.0 Å². The van der Waals surface area contributed by atoms with E-state index < -0.39 is 14.2 Å². The lowest BCUT2D eigenvalue weighted by atomic mass is 9.83. The molecule has 18 heavy (non-hydrogen) atoms. The minimum absolute atomic E-state index is 0.245. The SMILES string of the molecule is Cc1ccc(C2CCCCC2(S)S(=O)(=O)O)cc1. The Labute approximate surface area is 114 Å². The molecule has 2 rings (SSSR count). The molecule has 0 aliphatic heterocycles. The van der Waals surface area contributed by atoms with Gasteiger partial charge < -0.3 is 0 Å². The third kappa shape index (κ3) is 2.44. The highest BCUT2D eigenvalue weighted by Crippen LogP contribution is 2.48. The van der Waals surface area contributed by atoms with Crippen molar-refractivity contribution < 1.29 is 13.0 Å². The van der Waals surface area contributed by atoms with Gasteiger partial charge in [0.1, 0.15) is 4.08 Å². The molecule has 0 spiro atoms. The zero-order valence-corrected chi connectivity index (χ0v) is 12.0. The zero-order valence-electron chi connectivity index (χ0n) is 10.3. The van der Waals surface area contributed by atoms with Crippen LogP contribution in [0.4, 0.5) is 0 Å². The van der Waals surface area contributed by atoms with Crippen LogP contribution in [0.2, 0.25) is 0 Å². The molecule has 1 saturated carbocycles. The number of hydrogen-bond donors (Lipinski definition) is 2. The van der Waals surface area contributed by atoms with Gasteiger partial charge in [0, 0.05) is 5.92 Å². The highest BCUT2D eigenvalue weighted by atomic mass is 32.3. The molecule has 1 fully saturated rings. The Kier molecular flexibility index (Phi) is 3.76. The first-order valence-electron chi connectivity index (χ1n) is 6.10. The lowest BCUT2D eigenvalue weighted by Gasteiger charge is -2.38. The molecule has 0 saturated heterocycles. The Hall–Kier alpha value is -0.520. The molecule has 1 aromatic rings. The van der Waals surface area contributed by atoms with Crippen LogP contribution in [0.25, 0.3) is 0 Å². The Balaban J connectivity index is 2.43. The summed E-state index contributed by atoms with van der Waals surface area (Å²) in [6.07, 6.45) is 2.89. The van der Waals surface area contributed by atoms with Crippen LogP contribution in [0.15, 0.2) is 24.3 Å². The summed E-state index contributed by atoms with van der Waals surface area (Å²) in [6.45, 7) is 1.99. The van der Waals surface area contributed by atoms with Gasteiger partial charge in [-0.2, -0.15) is 21.0 Å². The molecule has 2 unspecified atom stereocenters. The summed E-state index contributed by atoms with van der Waals surface area (Å²) in [7, 11) is -4.17. The molecule has 2 atom stereocenters. The number of aryl methyl sites for hydroxylation is 1. The van der Waals surface area contributed by atoms with E-state index in [1.54, 1.807) is 0 Å². The largest absolute Gasteiger partial charge is 0.284 e. The van der Waals surface area contributed by atoms with Crippen molar-refractivity contribution in [1.29, 1.82) is 0 Å². The summed E-state index contributed by atoms with van der Waals surface area (Å²) < 4.78 is 31.4. The first kappa shape index (κ1) is 13.9. The lowest BCUT2D eigenvalue weighted by molar-refractivity contribution is 0.376. The topological polar surface area (TPSA) is 54.4 Å². The van der Waals surface area contributed by atoms with E-state index >= 15 is 0 Å². The molecule has 1 aromatic carbocycles. The van der Waals surface area contributed by atoms with Gasteiger partial charge in [-0.15, -0.1) is 0 Å². The Morgan fingerprint density at radius 1 is 1.28 bits per heavy atom. The van der Waals surface area contributed by atoms with Gasteiger partial charge in [0.05, 0.1) is 0 Å². The summed E-state index contributed by atoms with van der Waals surface area (Å²) in [4.78, 5) is 0. The van der Waals surface area contributed by atoms with E-state index in [1.807, 2.05) is 31.2 Å². The summed E-state index contributed by atoms with van der Waals surface area (Å²) in [5.74, 6) is -0.245. The fourth-order valence-electron chi connectivity index (χ4n) is 2.66. The van der Waals surface area contributed by atoms with Gasteiger partial charge in [-0.1, -0.05) is 42.7 Å². The molecule has 0 radical (unpaired) electrons. The van der Waals surface area contributed by atoms with Gasteiger partial charge in [-0.05, 0) is 25.3 Å². The highest BCUT2D eigenvalue weighted by molar-refractivity contribution is 8.03. The molecule has 1 aliphatic carbocycles. The van der Waals surface area contributed by atoms with Crippen LogP contribution in [0.5, 0.6) is 0 Å². The predicted octanol–water partition coefficient (Wildman–Crippen LogP) is 3.17. The molecule has 100 valence electrons. The van der Waals surface area contributed by atoms with Crippen molar-refractivity contribution in [3.8, 4) is 0 Å². The minimum atomic E-state index is -4.17. The van der Waals surface area contributed by atoms with Gasteiger partial charge in [0.25, 0.3) is 10.1 Å². The maximum atomic E-state index is 11.6. The van der Waals surface area contributed by atoms with E-state index in [2.05, 4.69) is 12.6 Å². The summed E-state index contributed by atoms with van der Waals surface area (Å²) in [6, 6.07) is 7.78. The molecular formula is C13H18O3S2. The molecule has 5 heteroatoms. The normalized spacial score (nSPS) is 29.2. The van der Waals surface area contributed by atoms with Crippen molar-refractivity contribution in [3.05, 3.63) is 35.4 Å². The quantitative estimate of drug-likeness (QED) is 0.648. The molecule has 3 nitrogen and oxygen atoms in total. The highest BCUT2D eigenvalue weighted by Gasteiger charge is 2.48. The van der Waals surface area contributed by atoms with Crippen LogP contribution in [-0.2, 0) is 10.1 Å². The van der Waals surface area contributed by atoms with Crippen LogP contribution >= 0.6 is 12.6 Å². The average Bonchev–Trinajstić information content (AvgIpc) is 2.30. The predicted molar refractivity (Wildman–Crippen MR) is 75.7 cm³/mol. The van der Waals surface area contributed by atoms with Crippen molar-refractivity contribution in [2.45, 2.75) is 42.6 Å².